The van der Waals surface area contributed by atoms with Gasteiger partial charge in [0.1, 0.15) is 0 Å². The maximum absolute atomic E-state index is 12.4. The van der Waals surface area contributed by atoms with Crippen molar-refractivity contribution in [2.24, 2.45) is 5.92 Å². The summed E-state index contributed by atoms with van der Waals surface area (Å²) in [6.45, 7) is 2.69. The molecular weight excluding hydrogens is 328 g/mol. The molecule has 0 spiro atoms. The Morgan fingerprint density at radius 2 is 2.10 bits per heavy atom. The minimum Gasteiger partial charge on any atom is -0.384 e. The van der Waals surface area contributed by atoms with Gasteiger partial charge in [-0.05, 0) is 48.7 Å². The number of nitrogens with one attached hydrogen (secondary N) is 2. The molecule has 3 rings (SSSR count). The maximum atomic E-state index is 12.4. The fourth-order valence-corrected chi connectivity index (χ4v) is 2.84. The van der Waals surface area contributed by atoms with Gasteiger partial charge in [-0.3, -0.25) is 4.79 Å². The second-order valence-corrected chi connectivity index (χ2v) is 6.25. The van der Waals surface area contributed by atoms with Crippen LogP contribution in [0.4, 0.5) is 11.4 Å². The van der Waals surface area contributed by atoms with E-state index in [0.717, 1.165) is 27.8 Å². The highest BCUT2D eigenvalue weighted by Gasteiger charge is 2.24. The van der Waals surface area contributed by atoms with Gasteiger partial charge in [-0.25, -0.2) is 0 Å². The summed E-state index contributed by atoms with van der Waals surface area (Å²) in [5, 5.41) is 6.34. The minimum atomic E-state index is -0.0381. The van der Waals surface area contributed by atoms with Crippen molar-refractivity contribution in [2.45, 2.75) is 13.3 Å². The van der Waals surface area contributed by atoms with E-state index in [4.69, 9.17) is 0 Å². The van der Waals surface area contributed by atoms with Crippen LogP contribution in [0.1, 0.15) is 11.1 Å². The lowest BCUT2D eigenvalue weighted by atomic mass is 9.93. The summed E-state index contributed by atoms with van der Waals surface area (Å²) in [4.78, 5) is 12.4. The first-order chi connectivity index (χ1) is 10.1. The molecule has 1 aliphatic heterocycles. The first-order valence-corrected chi connectivity index (χ1v) is 7.81. The lowest BCUT2D eigenvalue weighted by Crippen LogP contribution is -2.33. The summed E-state index contributed by atoms with van der Waals surface area (Å²) in [5.41, 5.74) is 4.30. The van der Waals surface area contributed by atoms with Crippen LogP contribution in [0.2, 0.25) is 0 Å². The summed E-state index contributed by atoms with van der Waals surface area (Å²) in [6, 6.07) is 14.0. The Labute approximate surface area is 132 Å². The van der Waals surface area contributed by atoms with Crippen molar-refractivity contribution >= 4 is 33.2 Å². The van der Waals surface area contributed by atoms with Crippen LogP contribution in [0.15, 0.2) is 46.9 Å². The number of halogens is 1. The van der Waals surface area contributed by atoms with Crippen LogP contribution in [0.5, 0.6) is 0 Å². The molecule has 4 heteroatoms. The van der Waals surface area contributed by atoms with Gasteiger partial charge in [0.2, 0.25) is 5.91 Å². The normalized spacial score (nSPS) is 16.8. The summed E-state index contributed by atoms with van der Waals surface area (Å²) in [7, 11) is 0. The first-order valence-electron chi connectivity index (χ1n) is 7.02. The quantitative estimate of drug-likeness (QED) is 0.864. The maximum Gasteiger partial charge on any atom is 0.229 e. The Hall–Kier alpha value is -1.81. The molecule has 1 aliphatic rings. The van der Waals surface area contributed by atoms with E-state index in [2.05, 4.69) is 38.7 Å². The molecule has 1 atom stereocenters. The van der Waals surface area contributed by atoms with Crippen molar-refractivity contribution in [1.82, 2.24) is 0 Å². The number of amides is 1. The van der Waals surface area contributed by atoms with Crippen molar-refractivity contribution < 1.29 is 4.79 Å². The number of fused-ring (bicyclic) bond motifs is 1. The van der Waals surface area contributed by atoms with Crippen LogP contribution < -0.4 is 10.6 Å². The molecule has 2 N–H and O–H groups in total. The van der Waals surface area contributed by atoms with E-state index in [1.807, 2.05) is 37.3 Å². The molecular formula is C17H17BrN2O. The third-order valence-electron chi connectivity index (χ3n) is 3.82. The van der Waals surface area contributed by atoms with Crippen molar-refractivity contribution in [1.29, 1.82) is 0 Å². The lowest BCUT2D eigenvalue weighted by Gasteiger charge is -2.25. The number of hydrogen-bond donors (Lipinski definition) is 2. The summed E-state index contributed by atoms with van der Waals surface area (Å²) < 4.78 is 1.05. The fourth-order valence-electron chi connectivity index (χ4n) is 2.59. The highest BCUT2D eigenvalue weighted by atomic mass is 79.9. The summed E-state index contributed by atoms with van der Waals surface area (Å²) >= 11 is 3.47. The zero-order valence-electron chi connectivity index (χ0n) is 11.8. The Bertz CT molecular complexity index is 684. The molecule has 1 unspecified atom stereocenters. The topological polar surface area (TPSA) is 41.1 Å². The van der Waals surface area contributed by atoms with E-state index < -0.39 is 0 Å². The minimum absolute atomic E-state index is 0.0381. The van der Waals surface area contributed by atoms with Gasteiger partial charge in [0.25, 0.3) is 0 Å². The van der Waals surface area contributed by atoms with E-state index >= 15 is 0 Å². The molecule has 2 aromatic rings. The van der Waals surface area contributed by atoms with Crippen molar-refractivity contribution in [3.63, 3.8) is 0 Å². The zero-order valence-corrected chi connectivity index (χ0v) is 13.4. The van der Waals surface area contributed by atoms with Crippen molar-refractivity contribution in [3.05, 3.63) is 58.1 Å². The lowest BCUT2D eigenvalue weighted by molar-refractivity contribution is -0.119. The fraction of sp³-hybridized carbons (Fsp3) is 0.235. The molecule has 0 radical (unpaired) electrons. The largest absolute Gasteiger partial charge is 0.384 e. The molecule has 21 heavy (non-hydrogen) atoms. The number of aryl methyl sites for hydroxylation is 1. The molecule has 3 nitrogen and oxygen atoms in total. The van der Waals surface area contributed by atoms with E-state index in [1.165, 1.54) is 5.56 Å². The van der Waals surface area contributed by atoms with Crippen LogP contribution in [-0.4, -0.2) is 12.5 Å². The van der Waals surface area contributed by atoms with Gasteiger partial charge >= 0.3 is 0 Å². The Balaban J connectivity index is 1.70. The average molecular weight is 345 g/mol. The first kappa shape index (κ1) is 14.1. The van der Waals surface area contributed by atoms with Gasteiger partial charge in [0.15, 0.2) is 0 Å². The number of carbonyl (C=O) groups excluding carboxylic acids is 1. The van der Waals surface area contributed by atoms with Gasteiger partial charge in [-0.15, -0.1) is 0 Å². The molecule has 1 amide bonds. The summed E-state index contributed by atoms with van der Waals surface area (Å²) in [5.74, 6) is 0.0302. The van der Waals surface area contributed by atoms with Crippen LogP contribution in [-0.2, 0) is 11.2 Å². The van der Waals surface area contributed by atoms with Crippen molar-refractivity contribution in [2.75, 3.05) is 17.2 Å². The van der Waals surface area contributed by atoms with Crippen LogP contribution in [0.3, 0.4) is 0 Å². The van der Waals surface area contributed by atoms with E-state index in [9.17, 15) is 4.79 Å². The van der Waals surface area contributed by atoms with Gasteiger partial charge in [-0.1, -0.05) is 34.1 Å². The molecule has 0 fully saturated rings. The van der Waals surface area contributed by atoms with E-state index in [1.54, 1.807) is 0 Å². The monoisotopic (exact) mass is 344 g/mol. The second-order valence-electron chi connectivity index (χ2n) is 5.39. The third-order valence-corrected chi connectivity index (χ3v) is 4.71. The van der Waals surface area contributed by atoms with E-state index in [-0.39, 0.29) is 11.8 Å². The summed E-state index contributed by atoms with van der Waals surface area (Å²) in [6.07, 6.45) is 0.782. The van der Waals surface area contributed by atoms with Gasteiger partial charge in [0, 0.05) is 22.4 Å². The number of anilines is 2. The van der Waals surface area contributed by atoms with Crippen molar-refractivity contribution in [3.8, 4) is 0 Å². The Morgan fingerprint density at radius 3 is 2.90 bits per heavy atom. The highest BCUT2D eigenvalue weighted by molar-refractivity contribution is 9.10. The molecule has 1 heterocycles. The van der Waals surface area contributed by atoms with E-state index in [0.29, 0.717) is 6.54 Å². The number of para-hydroxylation sites is 1. The van der Waals surface area contributed by atoms with Gasteiger partial charge < -0.3 is 10.6 Å². The average Bonchev–Trinajstić information content (AvgIpc) is 2.50. The smallest absolute Gasteiger partial charge is 0.229 e. The highest BCUT2D eigenvalue weighted by Crippen LogP contribution is 2.26. The second kappa shape index (κ2) is 5.90. The van der Waals surface area contributed by atoms with Crippen LogP contribution in [0, 0.1) is 12.8 Å². The standard InChI is InChI=1S/C17H17BrN2O/c1-11-8-14(6-7-15(11)18)20-17(21)13-9-12-4-2-3-5-16(12)19-10-13/h2-8,13,19H,9-10H2,1H3,(H,20,21). The molecule has 108 valence electrons. The predicted molar refractivity (Wildman–Crippen MR) is 89.6 cm³/mol. The number of rotatable bonds is 2. The molecule has 0 aromatic heterocycles. The number of hydrogen-bond acceptors (Lipinski definition) is 2. The molecule has 0 saturated carbocycles. The van der Waals surface area contributed by atoms with Gasteiger partial charge in [-0.2, -0.15) is 0 Å². The molecule has 0 bridgehead atoms. The van der Waals surface area contributed by atoms with Crippen LogP contribution >= 0.6 is 15.9 Å². The Morgan fingerprint density at radius 1 is 1.29 bits per heavy atom. The zero-order chi connectivity index (χ0) is 14.8. The predicted octanol–water partition coefficient (Wildman–Crippen LogP) is 3.98. The Kier molecular flexibility index (Phi) is 3.97. The van der Waals surface area contributed by atoms with Gasteiger partial charge in [0.05, 0.1) is 5.92 Å². The molecule has 2 aromatic carbocycles. The number of benzene rings is 2. The SMILES string of the molecule is Cc1cc(NC(=O)C2CNc3ccccc3C2)ccc1Br. The molecule has 0 saturated heterocycles. The van der Waals surface area contributed by atoms with Crippen LogP contribution in [0.25, 0.3) is 0 Å². The molecule has 0 aliphatic carbocycles. The third kappa shape index (κ3) is 3.10. The number of carbonyl (C=O) groups is 1.